The van der Waals surface area contributed by atoms with E-state index in [1.807, 2.05) is 13.8 Å². The Morgan fingerprint density at radius 3 is 2.50 bits per heavy atom. The van der Waals surface area contributed by atoms with E-state index >= 15 is 0 Å². The van der Waals surface area contributed by atoms with Crippen molar-refractivity contribution in [1.82, 2.24) is 9.62 Å². The quantitative estimate of drug-likeness (QED) is 0.724. The van der Waals surface area contributed by atoms with Gasteiger partial charge in [0.2, 0.25) is 15.9 Å². The third kappa shape index (κ3) is 5.17. The van der Waals surface area contributed by atoms with Gasteiger partial charge < -0.3 is 10.1 Å². The molecule has 0 spiro atoms. The Morgan fingerprint density at radius 1 is 1.20 bits per heavy atom. The molecule has 0 unspecified atom stereocenters. The molecule has 0 aliphatic carbocycles. The van der Waals surface area contributed by atoms with Crippen LogP contribution >= 0.6 is 0 Å². The molecule has 0 saturated carbocycles. The molecular weight excluding hydrogens is 407 g/mol. The second-order valence-corrected chi connectivity index (χ2v) is 9.33. The lowest BCUT2D eigenvalue weighted by molar-refractivity contribution is -0.126. The summed E-state index contributed by atoms with van der Waals surface area (Å²) in [5.74, 6) is -0.348. The van der Waals surface area contributed by atoms with Crippen LogP contribution in [0.1, 0.15) is 38.3 Å². The average Bonchev–Trinajstić information content (AvgIpc) is 2.75. The van der Waals surface area contributed by atoms with E-state index in [1.54, 1.807) is 24.3 Å². The summed E-state index contributed by atoms with van der Waals surface area (Å²) >= 11 is 0. The lowest BCUT2D eigenvalue weighted by Gasteiger charge is -2.32. The minimum Gasteiger partial charge on any atom is -0.494 e. The first kappa shape index (κ1) is 22.2. The van der Waals surface area contributed by atoms with Crippen molar-refractivity contribution in [2.45, 2.75) is 37.6 Å². The molecule has 2 aromatic carbocycles. The lowest BCUT2D eigenvalue weighted by atomic mass is 9.98. The number of benzene rings is 2. The Labute approximate surface area is 177 Å². The molecule has 1 amide bonds. The number of carbonyl (C=O) groups is 1. The molecule has 8 heteroatoms. The van der Waals surface area contributed by atoms with E-state index in [4.69, 9.17) is 4.74 Å². The number of amides is 1. The van der Waals surface area contributed by atoms with E-state index in [9.17, 15) is 17.6 Å². The largest absolute Gasteiger partial charge is 0.494 e. The predicted octanol–water partition coefficient (Wildman–Crippen LogP) is 3.50. The van der Waals surface area contributed by atoms with Crippen LogP contribution in [0.4, 0.5) is 4.39 Å². The lowest BCUT2D eigenvalue weighted by Crippen LogP contribution is -2.45. The van der Waals surface area contributed by atoms with Gasteiger partial charge in [0, 0.05) is 13.1 Å². The van der Waals surface area contributed by atoms with E-state index in [1.165, 1.54) is 28.6 Å². The van der Waals surface area contributed by atoms with Gasteiger partial charge in [-0.15, -0.1) is 0 Å². The van der Waals surface area contributed by atoms with Gasteiger partial charge in [0.25, 0.3) is 0 Å². The summed E-state index contributed by atoms with van der Waals surface area (Å²) in [5, 5.41) is 2.92. The fourth-order valence-corrected chi connectivity index (χ4v) is 5.09. The number of carbonyl (C=O) groups excluding carboxylic acids is 1. The number of hydrogen-bond donors (Lipinski definition) is 1. The van der Waals surface area contributed by atoms with E-state index in [0.717, 1.165) is 5.56 Å². The summed E-state index contributed by atoms with van der Waals surface area (Å²) in [6, 6.07) is 12.0. The fraction of sp³-hybridized carbons (Fsp3) is 0.409. The topological polar surface area (TPSA) is 75.7 Å². The standard InChI is InChI=1S/C22H27FN2O4S/c1-3-29-20-10-12-21(13-11-20)30(27,28)25-14-4-5-18(15-25)22(26)24-16(2)17-6-8-19(23)9-7-17/h6-13,16,18H,3-5,14-15H2,1-2H3,(H,24,26)/t16-,18-/m1/s1. The molecule has 0 aromatic heterocycles. The Balaban J connectivity index is 1.66. The molecule has 1 saturated heterocycles. The Hall–Kier alpha value is -2.45. The van der Waals surface area contributed by atoms with Crippen molar-refractivity contribution >= 4 is 15.9 Å². The monoisotopic (exact) mass is 434 g/mol. The number of ether oxygens (including phenoxy) is 1. The molecule has 1 aliphatic rings. The molecule has 2 atom stereocenters. The molecule has 162 valence electrons. The minimum absolute atomic E-state index is 0.136. The first-order valence-corrected chi connectivity index (χ1v) is 11.5. The molecule has 1 fully saturated rings. The summed E-state index contributed by atoms with van der Waals surface area (Å²) in [6.07, 6.45) is 1.23. The van der Waals surface area contributed by atoms with Crippen LogP contribution in [0.15, 0.2) is 53.4 Å². The second-order valence-electron chi connectivity index (χ2n) is 7.39. The van der Waals surface area contributed by atoms with Crippen molar-refractivity contribution < 1.29 is 22.3 Å². The van der Waals surface area contributed by atoms with Gasteiger partial charge in [-0.3, -0.25) is 4.79 Å². The number of rotatable bonds is 7. The van der Waals surface area contributed by atoms with Crippen molar-refractivity contribution in [3.63, 3.8) is 0 Å². The zero-order valence-electron chi connectivity index (χ0n) is 17.2. The number of halogens is 1. The van der Waals surface area contributed by atoms with E-state index in [2.05, 4.69) is 5.32 Å². The van der Waals surface area contributed by atoms with Gasteiger partial charge in [-0.2, -0.15) is 4.31 Å². The minimum atomic E-state index is -3.69. The first-order chi connectivity index (χ1) is 14.3. The van der Waals surface area contributed by atoms with Gasteiger partial charge in [-0.1, -0.05) is 12.1 Å². The first-order valence-electron chi connectivity index (χ1n) is 10.1. The van der Waals surface area contributed by atoms with Gasteiger partial charge in [0.1, 0.15) is 11.6 Å². The van der Waals surface area contributed by atoms with Crippen LogP contribution in [0.3, 0.4) is 0 Å². The van der Waals surface area contributed by atoms with E-state index in [0.29, 0.717) is 31.7 Å². The predicted molar refractivity (Wildman–Crippen MR) is 112 cm³/mol. The second kappa shape index (κ2) is 9.57. The molecule has 3 rings (SSSR count). The molecule has 2 aromatic rings. The van der Waals surface area contributed by atoms with E-state index < -0.39 is 15.9 Å². The van der Waals surface area contributed by atoms with Crippen LogP contribution in [-0.2, 0) is 14.8 Å². The molecule has 30 heavy (non-hydrogen) atoms. The molecule has 0 bridgehead atoms. The zero-order valence-corrected chi connectivity index (χ0v) is 18.0. The number of piperidine rings is 1. The highest BCUT2D eigenvalue weighted by molar-refractivity contribution is 7.89. The van der Waals surface area contributed by atoms with Crippen molar-refractivity contribution in [2.24, 2.45) is 5.92 Å². The van der Waals surface area contributed by atoms with Crippen LogP contribution in [-0.4, -0.2) is 38.3 Å². The molecule has 0 radical (unpaired) electrons. The summed E-state index contributed by atoms with van der Waals surface area (Å²) < 4.78 is 45.9. The molecule has 1 heterocycles. The maximum absolute atomic E-state index is 13.1. The smallest absolute Gasteiger partial charge is 0.243 e. The fourth-order valence-electron chi connectivity index (χ4n) is 3.56. The van der Waals surface area contributed by atoms with Gasteiger partial charge in [-0.25, -0.2) is 12.8 Å². The third-order valence-electron chi connectivity index (χ3n) is 5.26. The van der Waals surface area contributed by atoms with E-state index in [-0.39, 0.29) is 29.2 Å². The van der Waals surface area contributed by atoms with Crippen molar-refractivity contribution in [3.8, 4) is 5.75 Å². The van der Waals surface area contributed by atoms with Crippen molar-refractivity contribution in [1.29, 1.82) is 0 Å². The summed E-state index contributed by atoms with van der Waals surface area (Å²) in [7, 11) is -3.69. The summed E-state index contributed by atoms with van der Waals surface area (Å²) in [6.45, 7) is 4.71. The molecule has 1 aliphatic heterocycles. The Bertz CT molecular complexity index is 962. The van der Waals surface area contributed by atoms with Gasteiger partial charge in [0.15, 0.2) is 0 Å². The highest BCUT2D eigenvalue weighted by Gasteiger charge is 2.33. The van der Waals surface area contributed by atoms with Crippen LogP contribution < -0.4 is 10.1 Å². The number of nitrogens with one attached hydrogen (secondary N) is 1. The Morgan fingerprint density at radius 2 is 1.87 bits per heavy atom. The number of sulfonamides is 1. The molecule has 6 nitrogen and oxygen atoms in total. The highest BCUT2D eigenvalue weighted by atomic mass is 32.2. The van der Waals surface area contributed by atoms with Crippen LogP contribution in [0.2, 0.25) is 0 Å². The van der Waals surface area contributed by atoms with Gasteiger partial charge >= 0.3 is 0 Å². The van der Waals surface area contributed by atoms with Gasteiger partial charge in [0.05, 0.1) is 23.5 Å². The summed E-state index contributed by atoms with van der Waals surface area (Å²) in [4.78, 5) is 12.9. The number of hydrogen-bond acceptors (Lipinski definition) is 4. The Kier molecular flexibility index (Phi) is 7.10. The van der Waals surface area contributed by atoms with Crippen molar-refractivity contribution in [3.05, 3.63) is 59.9 Å². The van der Waals surface area contributed by atoms with Gasteiger partial charge in [-0.05, 0) is 68.7 Å². The SMILES string of the molecule is CCOc1ccc(S(=O)(=O)N2CCC[C@@H](C(=O)N[C@H](C)c3ccc(F)cc3)C2)cc1. The molecular formula is C22H27FN2O4S. The van der Waals surface area contributed by atoms with Crippen molar-refractivity contribution in [2.75, 3.05) is 19.7 Å². The maximum Gasteiger partial charge on any atom is 0.243 e. The highest BCUT2D eigenvalue weighted by Crippen LogP contribution is 2.26. The third-order valence-corrected chi connectivity index (χ3v) is 7.14. The number of nitrogens with zero attached hydrogens (tertiary/aromatic N) is 1. The maximum atomic E-state index is 13.1. The zero-order chi connectivity index (χ0) is 21.7. The molecule has 1 N–H and O–H groups in total. The average molecular weight is 435 g/mol. The van der Waals surface area contributed by atoms with Crippen LogP contribution in [0.25, 0.3) is 0 Å². The van der Waals surface area contributed by atoms with Crippen LogP contribution in [0.5, 0.6) is 5.75 Å². The normalized spacial score (nSPS) is 18.6. The van der Waals surface area contributed by atoms with Crippen LogP contribution in [0, 0.1) is 11.7 Å². The summed E-state index contributed by atoms with van der Waals surface area (Å²) in [5.41, 5.74) is 0.791.